The number of halogens is 1. The Morgan fingerprint density at radius 1 is 0.851 bits per heavy atom. The van der Waals surface area contributed by atoms with Gasteiger partial charge in [-0.3, -0.25) is 13.9 Å². The number of carbonyl (C=O) groups is 2. The summed E-state index contributed by atoms with van der Waals surface area (Å²) in [6.45, 7) is 3.48. The van der Waals surface area contributed by atoms with Crippen LogP contribution in [-0.4, -0.2) is 43.8 Å². The molecule has 4 aromatic carbocycles. The molecule has 246 valence electrons. The van der Waals surface area contributed by atoms with Crippen molar-refractivity contribution in [2.24, 2.45) is 0 Å². The van der Waals surface area contributed by atoms with Crippen LogP contribution in [0.25, 0.3) is 0 Å². The second-order valence-electron chi connectivity index (χ2n) is 12.3. The van der Waals surface area contributed by atoms with Crippen molar-refractivity contribution < 1.29 is 18.0 Å². The van der Waals surface area contributed by atoms with Crippen LogP contribution in [0, 0.1) is 13.8 Å². The average Bonchev–Trinajstić information content (AvgIpc) is 3.07. The number of sulfonamides is 1. The van der Waals surface area contributed by atoms with E-state index < -0.39 is 28.5 Å². The van der Waals surface area contributed by atoms with Crippen LogP contribution in [0.4, 0.5) is 5.69 Å². The van der Waals surface area contributed by atoms with Crippen molar-refractivity contribution in [1.82, 2.24) is 10.2 Å². The molecule has 0 bridgehead atoms. The van der Waals surface area contributed by atoms with Gasteiger partial charge >= 0.3 is 0 Å². The molecule has 1 atom stereocenters. The zero-order valence-corrected chi connectivity index (χ0v) is 28.5. The second-order valence-corrected chi connectivity index (χ2v) is 14.6. The van der Waals surface area contributed by atoms with Gasteiger partial charge < -0.3 is 10.2 Å². The van der Waals surface area contributed by atoms with Gasteiger partial charge in [-0.05, 0) is 85.3 Å². The number of hydrogen-bond acceptors (Lipinski definition) is 4. The summed E-state index contributed by atoms with van der Waals surface area (Å²) in [5.41, 5.74) is 3.96. The summed E-state index contributed by atoms with van der Waals surface area (Å²) >= 11 is 6.09. The highest BCUT2D eigenvalue weighted by Crippen LogP contribution is 2.27. The largest absolute Gasteiger partial charge is 0.352 e. The lowest BCUT2D eigenvalue weighted by Crippen LogP contribution is -2.55. The topological polar surface area (TPSA) is 86.8 Å². The second kappa shape index (κ2) is 15.6. The molecule has 1 aliphatic carbocycles. The van der Waals surface area contributed by atoms with Gasteiger partial charge in [0.25, 0.3) is 10.0 Å². The predicted octanol–water partition coefficient (Wildman–Crippen LogP) is 7.24. The van der Waals surface area contributed by atoms with Crippen molar-refractivity contribution in [1.29, 1.82) is 0 Å². The van der Waals surface area contributed by atoms with Crippen LogP contribution in [-0.2, 0) is 32.6 Å². The molecule has 1 saturated carbocycles. The number of carbonyl (C=O) groups excluding carboxylic acids is 2. The van der Waals surface area contributed by atoms with E-state index in [4.69, 9.17) is 11.6 Å². The van der Waals surface area contributed by atoms with E-state index in [0.717, 1.165) is 58.7 Å². The maximum atomic E-state index is 14.7. The Kier molecular flexibility index (Phi) is 11.4. The van der Waals surface area contributed by atoms with Crippen molar-refractivity contribution >= 4 is 39.1 Å². The average molecular weight is 672 g/mol. The van der Waals surface area contributed by atoms with E-state index in [1.165, 1.54) is 24.3 Å². The molecule has 0 aromatic heterocycles. The smallest absolute Gasteiger partial charge is 0.264 e. The molecule has 0 unspecified atom stereocenters. The van der Waals surface area contributed by atoms with Crippen LogP contribution < -0.4 is 9.62 Å². The Balaban J connectivity index is 1.57. The maximum absolute atomic E-state index is 14.7. The SMILES string of the molecule is Cc1cccc(N(CC(=O)N(Cc2ccccc2C)[C@H](Cc2ccccc2)C(=O)NC2CCCCC2)S(=O)(=O)c2ccc(Cl)cc2)c1. The number of nitrogens with zero attached hydrogens (tertiary/aromatic N) is 2. The van der Waals surface area contributed by atoms with Gasteiger partial charge in [-0.25, -0.2) is 8.42 Å². The lowest BCUT2D eigenvalue weighted by atomic mass is 9.94. The van der Waals surface area contributed by atoms with Gasteiger partial charge in [0.05, 0.1) is 10.6 Å². The minimum absolute atomic E-state index is 0.0116. The van der Waals surface area contributed by atoms with Gasteiger partial charge in [0.1, 0.15) is 12.6 Å². The van der Waals surface area contributed by atoms with Crippen molar-refractivity contribution in [3.05, 3.63) is 130 Å². The fraction of sp³-hybridized carbons (Fsp3) is 0.316. The Hall–Kier alpha value is -4.14. The summed E-state index contributed by atoms with van der Waals surface area (Å²) in [4.78, 5) is 30.5. The predicted molar refractivity (Wildman–Crippen MR) is 188 cm³/mol. The van der Waals surface area contributed by atoms with Crippen LogP contribution in [0.15, 0.2) is 108 Å². The van der Waals surface area contributed by atoms with E-state index in [1.54, 1.807) is 23.1 Å². The molecule has 1 aliphatic rings. The number of nitrogens with one attached hydrogen (secondary N) is 1. The van der Waals surface area contributed by atoms with Gasteiger partial charge in [0.15, 0.2) is 0 Å². The number of aryl methyl sites for hydroxylation is 2. The third-order valence-corrected chi connectivity index (χ3v) is 10.8. The lowest BCUT2D eigenvalue weighted by Gasteiger charge is -2.35. The van der Waals surface area contributed by atoms with Crippen LogP contribution in [0.1, 0.15) is 54.4 Å². The molecular formula is C38H42ClN3O4S. The summed E-state index contributed by atoms with van der Waals surface area (Å²) in [5, 5.41) is 3.65. The highest BCUT2D eigenvalue weighted by Gasteiger charge is 2.35. The highest BCUT2D eigenvalue weighted by molar-refractivity contribution is 7.92. The molecule has 0 radical (unpaired) electrons. The molecule has 0 saturated heterocycles. The Bertz CT molecular complexity index is 1770. The summed E-state index contributed by atoms with van der Waals surface area (Å²) in [6, 6.07) is 29.5. The zero-order chi connectivity index (χ0) is 33.4. The zero-order valence-electron chi connectivity index (χ0n) is 26.9. The first-order chi connectivity index (χ1) is 22.6. The summed E-state index contributed by atoms with van der Waals surface area (Å²) in [5.74, 6) is -0.711. The molecule has 0 aliphatic heterocycles. The summed E-state index contributed by atoms with van der Waals surface area (Å²) in [6.07, 6.45) is 5.33. The van der Waals surface area contributed by atoms with E-state index in [1.807, 2.05) is 74.5 Å². The Labute approximate surface area is 283 Å². The van der Waals surface area contributed by atoms with Crippen molar-refractivity contribution in [2.45, 2.75) is 75.9 Å². The molecule has 2 amide bonds. The van der Waals surface area contributed by atoms with Crippen LogP contribution >= 0.6 is 11.6 Å². The number of anilines is 1. The molecule has 5 rings (SSSR count). The first kappa shape index (κ1) is 34.2. The van der Waals surface area contributed by atoms with Crippen molar-refractivity contribution in [3.63, 3.8) is 0 Å². The van der Waals surface area contributed by atoms with Gasteiger partial charge in [-0.15, -0.1) is 0 Å². The summed E-state index contributed by atoms with van der Waals surface area (Å²) < 4.78 is 29.6. The fourth-order valence-electron chi connectivity index (χ4n) is 6.11. The van der Waals surface area contributed by atoms with E-state index >= 15 is 0 Å². The fourth-order valence-corrected chi connectivity index (χ4v) is 7.65. The molecule has 7 nitrogen and oxygen atoms in total. The molecule has 4 aromatic rings. The van der Waals surface area contributed by atoms with E-state index in [0.29, 0.717) is 10.7 Å². The van der Waals surface area contributed by atoms with Crippen LogP contribution in [0.2, 0.25) is 5.02 Å². The minimum Gasteiger partial charge on any atom is -0.352 e. The van der Waals surface area contributed by atoms with Gasteiger partial charge in [-0.2, -0.15) is 0 Å². The number of hydrogen-bond donors (Lipinski definition) is 1. The number of amides is 2. The molecule has 1 N–H and O–H groups in total. The lowest BCUT2D eigenvalue weighted by molar-refractivity contribution is -0.140. The normalized spacial score (nSPS) is 14.3. The van der Waals surface area contributed by atoms with Gasteiger partial charge in [-0.1, -0.05) is 97.6 Å². The van der Waals surface area contributed by atoms with Gasteiger partial charge in [0.2, 0.25) is 11.8 Å². The third kappa shape index (κ3) is 8.82. The first-order valence-corrected chi connectivity index (χ1v) is 18.0. The Morgan fingerprint density at radius 2 is 1.53 bits per heavy atom. The van der Waals surface area contributed by atoms with E-state index in [-0.39, 0.29) is 29.8 Å². The monoisotopic (exact) mass is 671 g/mol. The number of rotatable bonds is 12. The first-order valence-electron chi connectivity index (χ1n) is 16.1. The van der Waals surface area contributed by atoms with Crippen LogP contribution in [0.3, 0.4) is 0 Å². The van der Waals surface area contributed by atoms with Crippen molar-refractivity contribution in [2.75, 3.05) is 10.8 Å². The minimum atomic E-state index is -4.20. The molecule has 0 spiro atoms. The van der Waals surface area contributed by atoms with Crippen molar-refractivity contribution in [3.8, 4) is 0 Å². The quantitative estimate of drug-likeness (QED) is 0.172. The third-order valence-electron chi connectivity index (χ3n) is 8.79. The molecule has 1 fully saturated rings. The molecular weight excluding hydrogens is 630 g/mol. The molecule has 47 heavy (non-hydrogen) atoms. The Morgan fingerprint density at radius 3 is 2.21 bits per heavy atom. The summed E-state index contributed by atoms with van der Waals surface area (Å²) in [7, 11) is -4.20. The molecule has 0 heterocycles. The van der Waals surface area contributed by atoms with Gasteiger partial charge in [0, 0.05) is 24.0 Å². The highest BCUT2D eigenvalue weighted by atomic mass is 35.5. The number of benzene rings is 4. The maximum Gasteiger partial charge on any atom is 0.264 e. The van der Waals surface area contributed by atoms with Crippen LogP contribution in [0.5, 0.6) is 0 Å². The molecule has 9 heteroatoms. The van der Waals surface area contributed by atoms with E-state index in [9.17, 15) is 18.0 Å². The standard InChI is InChI=1S/C38H42ClN3O4S/c1-28-12-11-19-34(24-28)42(47(45,46)35-22-20-32(39)21-23-35)27-37(43)41(26-31-16-10-9-13-29(31)2)36(25-30-14-5-3-6-15-30)38(44)40-33-17-7-4-8-18-33/h3,5-6,9-16,19-24,33,36H,4,7-8,17-18,25-27H2,1-2H3,(H,40,44)/t36-/m1/s1. The van der Waals surface area contributed by atoms with E-state index in [2.05, 4.69) is 5.32 Å².